The number of rotatable bonds is 4. The van der Waals surface area contributed by atoms with E-state index >= 15 is 0 Å². The summed E-state index contributed by atoms with van der Waals surface area (Å²) in [5, 5.41) is 0. The van der Waals surface area contributed by atoms with Gasteiger partial charge in [-0.1, -0.05) is 60.7 Å². The van der Waals surface area contributed by atoms with E-state index < -0.39 is 0 Å². The van der Waals surface area contributed by atoms with Gasteiger partial charge in [0.2, 0.25) is 6.29 Å². The lowest BCUT2D eigenvalue weighted by atomic mass is 10.0. The molecule has 0 saturated heterocycles. The van der Waals surface area contributed by atoms with Gasteiger partial charge in [0, 0.05) is 5.56 Å². The second-order valence-corrected chi connectivity index (χ2v) is 3.77. The fourth-order valence-electron chi connectivity index (χ4n) is 1.60. The molecule has 2 aromatic carbocycles. The third-order valence-corrected chi connectivity index (χ3v) is 2.50. The van der Waals surface area contributed by atoms with Crippen molar-refractivity contribution in [2.24, 2.45) is 0 Å². The van der Waals surface area contributed by atoms with Gasteiger partial charge in [-0.2, -0.15) is 0 Å². The van der Waals surface area contributed by atoms with E-state index in [-0.39, 0.29) is 11.4 Å². The van der Waals surface area contributed by atoms with Crippen LogP contribution >= 0.6 is 0 Å². The molecule has 0 N–H and O–H groups in total. The third kappa shape index (κ3) is 2.80. The summed E-state index contributed by atoms with van der Waals surface area (Å²) in [6.45, 7) is 0. The highest BCUT2D eigenvalue weighted by atomic mass is 16.1. The average Bonchev–Trinajstić information content (AvgIpc) is 2.46. The van der Waals surface area contributed by atoms with Gasteiger partial charge in [0.15, 0.2) is 5.78 Å². The summed E-state index contributed by atoms with van der Waals surface area (Å²) in [6.07, 6.45) is 3.25. The molecule has 0 aliphatic rings. The Hall–Kier alpha value is -2.48. The minimum atomic E-state index is -0.311. The first kappa shape index (κ1) is 12.0. The van der Waals surface area contributed by atoms with Gasteiger partial charge < -0.3 is 0 Å². The first-order valence-electron chi connectivity index (χ1n) is 5.56. The Labute approximate surface area is 106 Å². The zero-order chi connectivity index (χ0) is 12.8. The van der Waals surface area contributed by atoms with E-state index in [0.29, 0.717) is 5.56 Å². The lowest BCUT2D eigenvalue weighted by molar-refractivity contribution is 0.104. The highest BCUT2D eigenvalue weighted by Crippen LogP contribution is 2.11. The van der Waals surface area contributed by atoms with E-state index in [2.05, 4.69) is 0 Å². The zero-order valence-corrected chi connectivity index (χ0v) is 9.67. The normalized spacial score (nSPS) is 11.0. The fraction of sp³-hybridized carbons (Fsp3) is 0. The number of hydrogen-bond acceptors (Lipinski definition) is 2. The topological polar surface area (TPSA) is 34.1 Å². The third-order valence-electron chi connectivity index (χ3n) is 2.50. The van der Waals surface area contributed by atoms with Crippen molar-refractivity contribution in [1.82, 2.24) is 0 Å². The minimum absolute atomic E-state index is 0.0346. The Morgan fingerprint density at radius 2 is 1.44 bits per heavy atom. The molecule has 2 nitrogen and oxygen atoms in total. The molecule has 0 aliphatic carbocycles. The Bertz CT molecular complexity index is 569. The molecule has 0 unspecified atom stereocenters. The second-order valence-electron chi connectivity index (χ2n) is 3.77. The van der Waals surface area contributed by atoms with Crippen LogP contribution in [-0.2, 0) is 4.79 Å². The van der Waals surface area contributed by atoms with E-state index in [1.54, 1.807) is 36.6 Å². The predicted octanol–water partition coefficient (Wildman–Crippen LogP) is 3.06. The highest BCUT2D eigenvalue weighted by molar-refractivity contribution is 6.23. The largest absolute Gasteiger partial charge is 0.288 e. The molecule has 0 saturated carbocycles. The standard InChI is InChI=1S/C16H11O2/c17-12-15(11-13-7-3-1-4-8-13)16(18)14-9-5-2-6-10-14/h1-11H. The van der Waals surface area contributed by atoms with Crippen LogP contribution in [0, 0.1) is 0 Å². The van der Waals surface area contributed by atoms with Crippen LogP contribution in [0.4, 0.5) is 0 Å². The van der Waals surface area contributed by atoms with Crippen molar-refractivity contribution in [3.63, 3.8) is 0 Å². The Morgan fingerprint density at radius 1 is 0.889 bits per heavy atom. The molecule has 87 valence electrons. The molecule has 2 heteroatoms. The molecule has 0 spiro atoms. The summed E-state index contributed by atoms with van der Waals surface area (Å²) in [5.41, 5.74) is 1.33. The van der Waals surface area contributed by atoms with E-state index in [9.17, 15) is 9.59 Å². The quantitative estimate of drug-likeness (QED) is 0.353. The molecule has 1 radical (unpaired) electrons. The molecule has 0 heterocycles. The maximum Gasteiger partial charge on any atom is 0.237 e. The summed E-state index contributed by atoms with van der Waals surface area (Å²) < 4.78 is 0. The molecule has 0 atom stereocenters. The van der Waals surface area contributed by atoms with Crippen LogP contribution in [0.25, 0.3) is 6.08 Å². The molecule has 2 rings (SSSR count). The lowest BCUT2D eigenvalue weighted by Gasteiger charge is -1.99. The maximum absolute atomic E-state index is 12.0. The summed E-state index contributed by atoms with van der Waals surface area (Å²) >= 11 is 0. The number of allylic oxidation sites excluding steroid dienone is 1. The predicted molar refractivity (Wildman–Crippen MR) is 70.9 cm³/mol. The molecular weight excluding hydrogens is 224 g/mol. The van der Waals surface area contributed by atoms with Crippen LogP contribution < -0.4 is 0 Å². The van der Waals surface area contributed by atoms with Gasteiger partial charge in [-0.15, -0.1) is 0 Å². The van der Waals surface area contributed by atoms with E-state index in [1.807, 2.05) is 36.4 Å². The second kappa shape index (κ2) is 5.73. The summed E-state index contributed by atoms with van der Waals surface area (Å²) in [6, 6.07) is 17.9. The first-order chi connectivity index (χ1) is 8.81. The van der Waals surface area contributed by atoms with Crippen LogP contribution in [0.5, 0.6) is 0 Å². The monoisotopic (exact) mass is 235 g/mol. The molecule has 0 aromatic heterocycles. The van der Waals surface area contributed by atoms with Gasteiger partial charge >= 0.3 is 0 Å². The summed E-state index contributed by atoms with van der Waals surface area (Å²) in [7, 11) is 0. The molecule has 2 aromatic rings. The Balaban J connectivity index is 2.33. The van der Waals surface area contributed by atoms with Gasteiger partial charge in [0.05, 0.1) is 5.57 Å². The van der Waals surface area contributed by atoms with Crippen LogP contribution in [0.1, 0.15) is 15.9 Å². The highest BCUT2D eigenvalue weighted by Gasteiger charge is 2.11. The van der Waals surface area contributed by atoms with Crippen LogP contribution in [0.15, 0.2) is 66.2 Å². The van der Waals surface area contributed by atoms with Crippen molar-refractivity contribution < 1.29 is 9.59 Å². The molecule has 0 fully saturated rings. The van der Waals surface area contributed by atoms with Crippen LogP contribution in [-0.4, -0.2) is 12.1 Å². The molecular formula is C16H11O2. The van der Waals surface area contributed by atoms with E-state index in [4.69, 9.17) is 0 Å². The zero-order valence-electron chi connectivity index (χ0n) is 9.67. The number of Topliss-reactive ketones (excluding diaryl/α,β-unsaturated/α-hetero) is 1. The molecule has 0 aliphatic heterocycles. The molecule has 0 bridgehead atoms. The van der Waals surface area contributed by atoms with Crippen molar-refractivity contribution in [1.29, 1.82) is 0 Å². The van der Waals surface area contributed by atoms with Crippen molar-refractivity contribution in [2.75, 3.05) is 0 Å². The molecule has 0 amide bonds. The van der Waals surface area contributed by atoms with Gasteiger partial charge in [-0.3, -0.25) is 9.59 Å². The van der Waals surface area contributed by atoms with Crippen molar-refractivity contribution >= 4 is 18.1 Å². The van der Waals surface area contributed by atoms with Gasteiger partial charge in [0.25, 0.3) is 0 Å². The van der Waals surface area contributed by atoms with Crippen molar-refractivity contribution in [3.8, 4) is 0 Å². The van der Waals surface area contributed by atoms with E-state index in [1.165, 1.54) is 0 Å². The number of hydrogen-bond donors (Lipinski definition) is 0. The summed E-state index contributed by atoms with van der Waals surface area (Å²) in [5.74, 6) is -0.311. The minimum Gasteiger partial charge on any atom is -0.288 e. The summed E-state index contributed by atoms with van der Waals surface area (Å²) in [4.78, 5) is 23.0. The van der Waals surface area contributed by atoms with Gasteiger partial charge in [-0.05, 0) is 11.6 Å². The fourth-order valence-corrected chi connectivity index (χ4v) is 1.60. The Morgan fingerprint density at radius 3 is 2.00 bits per heavy atom. The van der Waals surface area contributed by atoms with Crippen LogP contribution in [0.2, 0.25) is 0 Å². The van der Waals surface area contributed by atoms with Crippen LogP contribution in [0.3, 0.4) is 0 Å². The number of carbonyl (C=O) groups excluding carboxylic acids is 2. The number of benzene rings is 2. The van der Waals surface area contributed by atoms with Crippen molar-refractivity contribution in [3.05, 3.63) is 77.4 Å². The lowest BCUT2D eigenvalue weighted by Crippen LogP contribution is -2.04. The SMILES string of the molecule is O=[C]C(=Cc1ccccc1)C(=O)c1ccccc1. The Kier molecular flexibility index (Phi) is 3.82. The van der Waals surface area contributed by atoms with Gasteiger partial charge in [-0.25, -0.2) is 0 Å². The smallest absolute Gasteiger partial charge is 0.237 e. The van der Waals surface area contributed by atoms with E-state index in [0.717, 1.165) is 5.56 Å². The first-order valence-corrected chi connectivity index (χ1v) is 5.56. The molecule has 18 heavy (non-hydrogen) atoms. The maximum atomic E-state index is 12.0. The van der Waals surface area contributed by atoms with Crippen molar-refractivity contribution in [2.45, 2.75) is 0 Å². The average molecular weight is 235 g/mol. The number of carbonyl (C=O) groups is 1. The van der Waals surface area contributed by atoms with Gasteiger partial charge in [0.1, 0.15) is 0 Å². The number of ketones is 1.